The van der Waals surface area contributed by atoms with Gasteiger partial charge in [-0.3, -0.25) is 10.1 Å². The lowest BCUT2D eigenvalue weighted by Gasteiger charge is -2.07. The normalized spacial score (nSPS) is 10.2. The Morgan fingerprint density at radius 3 is 2.88 bits per heavy atom. The van der Waals surface area contributed by atoms with Crippen LogP contribution in [0, 0.1) is 10.1 Å². The van der Waals surface area contributed by atoms with Crippen LogP contribution >= 0.6 is 11.8 Å². The summed E-state index contributed by atoms with van der Waals surface area (Å²) in [4.78, 5) is 10.3. The zero-order valence-corrected chi connectivity index (χ0v) is 10.4. The van der Waals surface area contributed by atoms with E-state index in [1.165, 1.54) is 12.1 Å². The van der Waals surface area contributed by atoms with Crippen molar-refractivity contribution in [2.45, 2.75) is 13.5 Å². The Morgan fingerprint density at radius 2 is 2.29 bits per heavy atom. The van der Waals surface area contributed by atoms with E-state index in [1.807, 2.05) is 6.92 Å². The Kier molecular flexibility index (Phi) is 5.79. The van der Waals surface area contributed by atoms with E-state index in [-0.39, 0.29) is 18.0 Å². The summed E-state index contributed by atoms with van der Waals surface area (Å²) in [6.07, 6.45) is 0. The first kappa shape index (κ1) is 13.8. The largest absolute Gasteiger partial charge is 0.486 e. The minimum absolute atomic E-state index is 0.0990. The van der Waals surface area contributed by atoms with Gasteiger partial charge in [0.25, 0.3) is 0 Å². The van der Waals surface area contributed by atoms with Gasteiger partial charge in [-0.2, -0.15) is 11.8 Å². The lowest BCUT2D eigenvalue weighted by atomic mass is 10.2. The topological polar surface area (TPSA) is 72.6 Å². The van der Waals surface area contributed by atoms with Crippen molar-refractivity contribution in [1.29, 1.82) is 0 Å². The van der Waals surface area contributed by atoms with Crippen molar-refractivity contribution in [3.05, 3.63) is 33.9 Å². The quantitative estimate of drug-likeness (QED) is 0.460. The zero-order chi connectivity index (χ0) is 12.7. The van der Waals surface area contributed by atoms with Gasteiger partial charge in [0.1, 0.15) is 0 Å². The minimum Gasteiger partial charge on any atom is -0.486 e. The summed E-state index contributed by atoms with van der Waals surface area (Å²) in [5.41, 5.74) is 0.407. The number of hydrogen-bond donors (Lipinski definition) is 1. The van der Waals surface area contributed by atoms with E-state index < -0.39 is 4.92 Å². The number of aliphatic hydroxyl groups is 1. The van der Waals surface area contributed by atoms with E-state index in [0.717, 1.165) is 11.5 Å². The molecule has 0 aliphatic carbocycles. The van der Waals surface area contributed by atoms with Crippen LogP contribution in [0.2, 0.25) is 0 Å². The van der Waals surface area contributed by atoms with E-state index >= 15 is 0 Å². The van der Waals surface area contributed by atoms with E-state index in [9.17, 15) is 10.1 Å². The standard InChI is InChI=1S/C11H15NO4S/c1-2-17-6-5-16-11-4-3-9(8-13)7-10(11)12(14)15/h3-4,7,13H,2,5-6,8H2,1H3. The van der Waals surface area contributed by atoms with Crippen LogP contribution in [0.15, 0.2) is 18.2 Å². The summed E-state index contributed by atoms with van der Waals surface area (Å²) < 4.78 is 5.36. The maximum Gasteiger partial charge on any atom is 0.311 e. The molecular formula is C11H15NO4S. The van der Waals surface area contributed by atoms with E-state index in [1.54, 1.807) is 17.8 Å². The van der Waals surface area contributed by atoms with Gasteiger partial charge in [-0.05, 0) is 17.4 Å². The zero-order valence-electron chi connectivity index (χ0n) is 9.59. The molecule has 0 saturated carbocycles. The first-order valence-corrected chi connectivity index (χ1v) is 6.43. The second-order valence-electron chi connectivity index (χ2n) is 3.26. The molecule has 0 radical (unpaired) electrons. The van der Waals surface area contributed by atoms with Gasteiger partial charge in [-0.15, -0.1) is 0 Å². The molecule has 0 fully saturated rings. The molecule has 5 nitrogen and oxygen atoms in total. The van der Waals surface area contributed by atoms with Gasteiger partial charge in [-0.1, -0.05) is 13.0 Å². The smallest absolute Gasteiger partial charge is 0.311 e. The molecule has 0 bridgehead atoms. The highest BCUT2D eigenvalue weighted by molar-refractivity contribution is 7.99. The second kappa shape index (κ2) is 7.13. The summed E-state index contributed by atoms with van der Waals surface area (Å²) in [5, 5.41) is 19.7. The predicted molar refractivity (Wildman–Crippen MR) is 67.5 cm³/mol. The van der Waals surface area contributed by atoms with Crippen molar-refractivity contribution < 1.29 is 14.8 Å². The monoisotopic (exact) mass is 257 g/mol. The highest BCUT2D eigenvalue weighted by Crippen LogP contribution is 2.28. The number of ether oxygens (including phenoxy) is 1. The van der Waals surface area contributed by atoms with Gasteiger partial charge >= 0.3 is 5.69 Å². The van der Waals surface area contributed by atoms with Crippen LogP contribution in [0.5, 0.6) is 5.75 Å². The molecule has 0 unspecified atom stereocenters. The Balaban J connectivity index is 2.73. The summed E-state index contributed by atoms with van der Waals surface area (Å²) in [6, 6.07) is 4.48. The van der Waals surface area contributed by atoms with Crippen molar-refractivity contribution in [3.63, 3.8) is 0 Å². The highest BCUT2D eigenvalue weighted by Gasteiger charge is 2.15. The molecule has 0 spiro atoms. The van der Waals surface area contributed by atoms with Crippen molar-refractivity contribution in [3.8, 4) is 5.75 Å². The average Bonchev–Trinajstić information content (AvgIpc) is 2.34. The summed E-state index contributed by atoms with van der Waals surface area (Å²) in [6.45, 7) is 2.27. The number of hydrogen-bond acceptors (Lipinski definition) is 5. The number of rotatable bonds is 7. The van der Waals surface area contributed by atoms with Crippen LogP contribution in [-0.4, -0.2) is 28.1 Å². The summed E-state index contributed by atoms with van der Waals surface area (Å²) >= 11 is 1.71. The van der Waals surface area contributed by atoms with Gasteiger partial charge in [0.2, 0.25) is 0 Å². The Bertz CT molecular complexity index is 384. The average molecular weight is 257 g/mol. The maximum absolute atomic E-state index is 10.8. The number of thioether (sulfide) groups is 1. The molecule has 1 N–H and O–H groups in total. The highest BCUT2D eigenvalue weighted by atomic mass is 32.2. The van der Waals surface area contributed by atoms with Gasteiger partial charge in [0, 0.05) is 11.8 Å². The SMILES string of the molecule is CCSCCOc1ccc(CO)cc1[N+](=O)[O-]. The van der Waals surface area contributed by atoms with Gasteiger partial charge in [0.15, 0.2) is 5.75 Å². The molecule has 94 valence electrons. The fourth-order valence-corrected chi connectivity index (χ4v) is 1.77. The molecule has 0 aliphatic heterocycles. The maximum atomic E-state index is 10.8. The van der Waals surface area contributed by atoms with Crippen LogP contribution in [0.1, 0.15) is 12.5 Å². The number of nitro benzene ring substituents is 1. The molecule has 0 amide bonds. The third-order valence-corrected chi connectivity index (χ3v) is 2.96. The summed E-state index contributed by atoms with van der Waals surface area (Å²) in [7, 11) is 0. The van der Waals surface area contributed by atoms with Crippen molar-refractivity contribution in [2.24, 2.45) is 0 Å². The number of nitro groups is 1. The molecule has 1 aromatic carbocycles. The molecule has 0 atom stereocenters. The lowest BCUT2D eigenvalue weighted by molar-refractivity contribution is -0.385. The molecule has 0 saturated heterocycles. The first-order valence-electron chi connectivity index (χ1n) is 5.27. The van der Waals surface area contributed by atoms with Gasteiger partial charge in [0.05, 0.1) is 18.1 Å². The lowest BCUT2D eigenvalue weighted by Crippen LogP contribution is -2.03. The minimum atomic E-state index is -0.499. The molecule has 17 heavy (non-hydrogen) atoms. The molecule has 0 aromatic heterocycles. The molecular weight excluding hydrogens is 242 g/mol. The molecule has 1 rings (SSSR count). The van der Waals surface area contributed by atoms with Crippen LogP contribution in [0.3, 0.4) is 0 Å². The van der Waals surface area contributed by atoms with Crippen molar-refractivity contribution in [1.82, 2.24) is 0 Å². The predicted octanol–water partition coefficient (Wildman–Crippen LogP) is 2.22. The van der Waals surface area contributed by atoms with Crippen LogP contribution in [-0.2, 0) is 6.61 Å². The van der Waals surface area contributed by atoms with Gasteiger partial charge < -0.3 is 9.84 Å². The van der Waals surface area contributed by atoms with Crippen molar-refractivity contribution in [2.75, 3.05) is 18.1 Å². The van der Waals surface area contributed by atoms with E-state index in [4.69, 9.17) is 9.84 Å². The number of benzene rings is 1. The van der Waals surface area contributed by atoms with E-state index in [2.05, 4.69) is 0 Å². The fraction of sp³-hybridized carbons (Fsp3) is 0.455. The van der Waals surface area contributed by atoms with E-state index in [0.29, 0.717) is 12.2 Å². The van der Waals surface area contributed by atoms with Crippen LogP contribution < -0.4 is 4.74 Å². The molecule has 0 heterocycles. The second-order valence-corrected chi connectivity index (χ2v) is 4.66. The third kappa shape index (κ3) is 4.24. The first-order chi connectivity index (χ1) is 8.19. The van der Waals surface area contributed by atoms with Crippen LogP contribution in [0.4, 0.5) is 5.69 Å². The Hall–Kier alpha value is -1.27. The molecule has 1 aromatic rings. The Labute approximate surface area is 104 Å². The fourth-order valence-electron chi connectivity index (χ4n) is 1.28. The van der Waals surface area contributed by atoms with Gasteiger partial charge in [-0.25, -0.2) is 0 Å². The number of aliphatic hydroxyl groups excluding tert-OH is 1. The molecule has 6 heteroatoms. The summed E-state index contributed by atoms with van der Waals surface area (Å²) in [5.74, 6) is 2.05. The number of nitrogens with zero attached hydrogens (tertiary/aromatic N) is 1. The van der Waals surface area contributed by atoms with Crippen molar-refractivity contribution >= 4 is 17.4 Å². The Morgan fingerprint density at radius 1 is 1.53 bits per heavy atom. The van der Waals surface area contributed by atoms with Crippen LogP contribution in [0.25, 0.3) is 0 Å². The third-order valence-electron chi connectivity index (χ3n) is 2.09. The molecule has 0 aliphatic rings.